The lowest BCUT2D eigenvalue weighted by Crippen LogP contribution is -2.04. The summed E-state index contributed by atoms with van der Waals surface area (Å²) in [6.45, 7) is 13.2. The molecule has 0 atom stereocenters. The molecule has 0 saturated heterocycles. The second kappa shape index (κ2) is 18.0. The standard InChI is InChI=1S/C17H21NOS.C5H9N3.CH2O/c1-5-8-15(6-2)13-19-16-9-11-18-14(4)17(7-3)20-12-10-16;1-6-4-5-2-3-7-8-5;1-2/h5-12H,3,13H2,1-2,4H3;2-3,6H,4H2,1H3,(H,7,8);1H2/b8-5-,12-10?,15-6+,16-9?,17-14?,18-11?;;. The fraction of sp³-hybridized carbons (Fsp3) is 0.261. The largest absolute Gasteiger partial charge is 0.489 e. The van der Waals surface area contributed by atoms with Gasteiger partial charge in [-0.05, 0) is 57.0 Å². The second-order valence-electron chi connectivity index (χ2n) is 5.69. The highest BCUT2D eigenvalue weighted by Gasteiger charge is 1.95. The van der Waals surface area contributed by atoms with E-state index in [1.807, 2.05) is 82.5 Å². The van der Waals surface area contributed by atoms with Crippen LogP contribution in [0.1, 0.15) is 30.1 Å². The van der Waals surface area contributed by atoms with Gasteiger partial charge in [0.2, 0.25) is 0 Å². The maximum absolute atomic E-state index is 8.00. The number of ether oxygens (including phenoxy) is 1. The summed E-state index contributed by atoms with van der Waals surface area (Å²) in [6, 6.07) is 5.76. The number of nitrogens with one attached hydrogen (secondary N) is 2. The Kier molecular flexibility index (Phi) is 16.2. The predicted octanol–water partition coefficient (Wildman–Crippen LogP) is 5.06. The van der Waals surface area contributed by atoms with Gasteiger partial charge in [0.15, 0.2) is 0 Å². The van der Waals surface area contributed by atoms with E-state index >= 15 is 0 Å². The van der Waals surface area contributed by atoms with E-state index in [-0.39, 0.29) is 0 Å². The van der Waals surface area contributed by atoms with Crippen molar-refractivity contribution in [2.45, 2.75) is 27.3 Å². The van der Waals surface area contributed by atoms with Crippen LogP contribution >= 0.6 is 11.3 Å². The van der Waals surface area contributed by atoms with E-state index in [0.717, 1.165) is 34.1 Å². The number of hydrogen-bond acceptors (Lipinski definition) is 6. The van der Waals surface area contributed by atoms with Crippen molar-refractivity contribution in [3.63, 3.8) is 0 Å². The lowest BCUT2D eigenvalue weighted by atomic mass is 10.2. The highest BCUT2D eigenvalue weighted by Crippen LogP contribution is 2.14. The van der Waals surface area contributed by atoms with E-state index in [0.29, 0.717) is 6.61 Å². The molecule has 0 radical (unpaired) electrons. The molecule has 0 amide bonds. The van der Waals surface area contributed by atoms with E-state index in [2.05, 4.69) is 27.1 Å². The number of nitrogens with zero attached hydrogens (tertiary/aromatic N) is 2. The molecule has 7 heteroatoms. The number of aromatic nitrogens is 3. The molecule has 0 aliphatic rings. The summed E-state index contributed by atoms with van der Waals surface area (Å²) >= 11 is 1.59. The molecule has 6 nitrogen and oxygen atoms in total. The Morgan fingerprint density at radius 3 is 2.60 bits per heavy atom. The van der Waals surface area contributed by atoms with Crippen LogP contribution in [0.5, 0.6) is 5.75 Å². The Balaban J connectivity index is 0.000000696. The van der Waals surface area contributed by atoms with Gasteiger partial charge in [0.1, 0.15) is 19.1 Å². The van der Waals surface area contributed by atoms with Gasteiger partial charge in [-0.25, -0.2) is 0 Å². The summed E-state index contributed by atoms with van der Waals surface area (Å²) in [5.74, 6) is 0.795. The van der Waals surface area contributed by atoms with E-state index in [1.54, 1.807) is 23.7 Å². The van der Waals surface area contributed by atoms with E-state index in [1.165, 1.54) is 0 Å². The van der Waals surface area contributed by atoms with Crippen LogP contribution in [0.15, 0.2) is 66.4 Å². The number of rotatable bonds is 7. The van der Waals surface area contributed by atoms with Crippen LogP contribution in [-0.4, -0.2) is 35.6 Å². The number of carbonyl (C=O) groups excluding carboxylic acids is 1. The number of aryl methyl sites for hydroxylation is 1. The zero-order valence-electron chi connectivity index (χ0n) is 18.2. The first-order valence-electron chi connectivity index (χ1n) is 9.37. The van der Waals surface area contributed by atoms with Gasteiger partial charge in [-0.15, -0.1) is 11.3 Å². The minimum atomic E-state index is 0.552. The Hall–Kier alpha value is -3.03. The summed E-state index contributed by atoms with van der Waals surface area (Å²) in [5.41, 5.74) is 3.22. The fourth-order valence-corrected chi connectivity index (χ4v) is 2.74. The average molecular weight is 429 g/mol. The molecule has 0 aliphatic heterocycles. The molecule has 2 rings (SSSR count). The predicted molar refractivity (Wildman–Crippen MR) is 127 cm³/mol. The Morgan fingerprint density at radius 2 is 2.03 bits per heavy atom. The Bertz CT molecular complexity index is 826. The Morgan fingerprint density at radius 1 is 1.27 bits per heavy atom. The summed E-state index contributed by atoms with van der Waals surface area (Å²) in [7, 11) is 1.90. The molecule has 0 unspecified atom stereocenters. The zero-order chi connectivity index (χ0) is 22.6. The summed E-state index contributed by atoms with van der Waals surface area (Å²) < 4.78 is 5.79. The SMILES string of the molecule is C=Cc1sccc(OCC(/C=C\C)=C/C)ccnc1C.C=O.CNCc1ccn[nH]1. The molecular formula is C23H32N4O2S. The number of aromatic amines is 1. The van der Waals surface area contributed by atoms with E-state index in [4.69, 9.17) is 9.53 Å². The van der Waals surface area contributed by atoms with Crippen molar-refractivity contribution in [2.24, 2.45) is 0 Å². The van der Waals surface area contributed by atoms with Crippen LogP contribution in [-0.2, 0) is 11.3 Å². The maximum Gasteiger partial charge on any atom is 0.122 e. The normalized spacial score (nSPS) is 10.2. The Labute approximate surface area is 183 Å². The molecule has 2 aromatic rings. The minimum absolute atomic E-state index is 0.552. The first-order chi connectivity index (χ1) is 14.6. The quantitative estimate of drug-likeness (QED) is 0.602. The lowest BCUT2D eigenvalue weighted by molar-refractivity contribution is -0.0979. The van der Waals surface area contributed by atoms with Gasteiger partial charge in [0.05, 0.1) is 5.69 Å². The highest BCUT2D eigenvalue weighted by molar-refractivity contribution is 7.10. The molecule has 0 saturated carbocycles. The topological polar surface area (TPSA) is 79.9 Å². The maximum atomic E-state index is 8.00. The number of H-pyrrole nitrogens is 1. The van der Waals surface area contributed by atoms with Crippen LogP contribution in [0.2, 0.25) is 0 Å². The molecule has 0 aromatic carbocycles. The number of hydrogen-bond donors (Lipinski definition) is 2. The molecule has 2 heterocycles. The smallest absolute Gasteiger partial charge is 0.122 e. The van der Waals surface area contributed by atoms with Crippen molar-refractivity contribution in [2.75, 3.05) is 13.7 Å². The van der Waals surface area contributed by atoms with Crippen molar-refractivity contribution in [1.29, 1.82) is 0 Å². The average Bonchev–Trinajstić information content (AvgIpc) is 3.30. The van der Waals surface area contributed by atoms with Crippen LogP contribution in [0.25, 0.3) is 6.08 Å². The van der Waals surface area contributed by atoms with Crippen molar-refractivity contribution >= 4 is 24.2 Å². The molecule has 0 spiro atoms. The number of carbonyl (C=O) groups is 1. The minimum Gasteiger partial charge on any atom is -0.489 e. The van der Waals surface area contributed by atoms with Crippen LogP contribution in [0.3, 0.4) is 0 Å². The molecule has 0 aliphatic carbocycles. The third-order valence-electron chi connectivity index (χ3n) is 3.56. The summed E-state index contributed by atoms with van der Waals surface area (Å²) in [4.78, 5) is 13.4. The van der Waals surface area contributed by atoms with Crippen molar-refractivity contribution in [3.8, 4) is 5.75 Å². The molecule has 0 fully saturated rings. The first-order valence-corrected chi connectivity index (χ1v) is 10.3. The molecule has 0 bridgehead atoms. The fourth-order valence-electron chi connectivity index (χ4n) is 2.08. The van der Waals surface area contributed by atoms with Gasteiger partial charge < -0.3 is 14.8 Å². The molecule has 30 heavy (non-hydrogen) atoms. The third-order valence-corrected chi connectivity index (χ3v) is 4.55. The monoisotopic (exact) mass is 428 g/mol. The van der Waals surface area contributed by atoms with Crippen molar-refractivity contribution in [1.82, 2.24) is 20.5 Å². The van der Waals surface area contributed by atoms with Gasteiger partial charge in [-0.1, -0.05) is 30.9 Å². The summed E-state index contributed by atoms with van der Waals surface area (Å²) in [6.07, 6.45) is 11.4. The molecule has 162 valence electrons. The highest BCUT2D eigenvalue weighted by atomic mass is 32.1. The van der Waals surface area contributed by atoms with Gasteiger partial charge in [-0.2, -0.15) is 5.10 Å². The second-order valence-corrected chi connectivity index (χ2v) is 6.63. The number of allylic oxidation sites excluding steroid dienone is 2. The zero-order valence-corrected chi connectivity index (χ0v) is 19.0. The summed E-state index contributed by atoms with van der Waals surface area (Å²) in [5, 5.41) is 11.6. The van der Waals surface area contributed by atoms with E-state index in [9.17, 15) is 0 Å². The molecule has 2 N–H and O–H groups in total. The van der Waals surface area contributed by atoms with Gasteiger partial charge in [-0.3, -0.25) is 10.1 Å². The van der Waals surface area contributed by atoms with Gasteiger partial charge >= 0.3 is 0 Å². The molecule has 2 aromatic heterocycles. The third kappa shape index (κ3) is 11.7. The molecular weight excluding hydrogens is 396 g/mol. The van der Waals surface area contributed by atoms with Gasteiger partial charge in [0.25, 0.3) is 0 Å². The van der Waals surface area contributed by atoms with Crippen LogP contribution in [0.4, 0.5) is 0 Å². The van der Waals surface area contributed by atoms with Crippen LogP contribution < -0.4 is 10.1 Å². The van der Waals surface area contributed by atoms with Gasteiger partial charge in [0, 0.05) is 29.5 Å². The van der Waals surface area contributed by atoms with Crippen LogP contribution in [0, 0.1) is 6.92 Å². The van der Waals surface area contributed by atoms with Crippen molar-refractivity contribution < 1.29 is 9.53 Å². The lowest BCUT2D eigenvalue weighted by Gasteiger charge is -2.04. The first kappa shape index (κ1) is 27.0. The van der Waals surface area contributed by atoms with Crippen molar-refractivity contribution in [3.05, 3.63) is 82.6 Å². The van der Waals surface area contributed by atoms with E-state index < -0.39 is 0 Å².